The van der Waals surface area contributed by atoms with Crippen LogP contribution in [-0.4, -0.2) is 17.3 Å². The van der Waals surface area contributed by atoms with Gasteiger partial charge in [0.05, 0.1) is 11.1 Å². The lowest BCUT2D eigenvalue weighted by Crippen LogP contribution is -2.05. The van der Waals surface area contributed by atoms with Gasteiger partial charge in [-0.3, -0.25) is 0 Å². The number of fused-ring (bicyclic) bond motifs is 1. The normalized spacial score (nSPS) is 20.9. The number of aliphatic hydroxyl groups is 1. The van der Waals surface area contributed by atoms with Gasteiger partial charge in [-0.2, -0.15) is 0 Å². The molecule has 0 saturated heterocycles. The SMILES string of the molecule is CC(O)Cc1cc(Cl)c2c(c1)CC(C)O2. The quantitative estimate of drug-likeness (QED) is 0.840. The van der Waals surface area contributed by atoms with Crippen LogP contribution in [0.1, 0.15) is 25.0 Å². The molecule has 0 aliphatic carbocycles. The molecule has 0 aromatic heterocycles. The van der Waals surface area contributed by atoms with Gasteiger partial charge in [0.25, 0.3) is 0 Å². The van der Waals surface area contributed by atoms with Crippen molar-refractivity contribution in [3.05, 3.63) is 28.3 Å². The van der Waals surface area contributed by atoms with Crippen LogP contribution in [0.3, 0.4) is 0 Å². The Morgan fingerprint density at radius 1 is 1.60 bits per heavy atom. The van der Waals surface area contributed by atoms with E-state index in [9.17, 15) is 5.11 Å². The molecule has 0 radical (unpaired) electrons. The largest absolute Gasteiger partial charge is 0.489 e. The first-order chi connectivity index (χ1) is 7.06. The molecule has 2 unspecified atom stereocenters. The third-order valence-electron chi connectivity index (χ3n) is 2.54. The standard InChI is InChI=1S/C12H15ClO2/c1-7(14)3-9-5-10-4-8(2)15-12(10)11(13)6-9/h5-8,14H,3-4H2,1-2H3. The summed E-state index contributed by atoms with van der Waals surface area (Å²) in [6, 6.07) is 3.96. The van der Waals surface area contributed by atoms with Crippen LogP contribution in [0, 0.1) is 0 Å². The highest BCUT2D eigenvalue weighted by Crippen LogP contribution is 2.37. The van der Waals surface area contributed by atoms with E-state index in [2.05, 4.69) is 6.07 Å². The topological polar surface area (TPSA) is 29.5 Å². The van der Waals surface area contributed by atoms with Crippen LogP contribution in [-0.2, 0) is 12.8 Å². The molecule has 0 bridgehead atoms. The van der Waals surface area contributed by atoms with Crippen molar-refractivity contribution in [1.82, 2.24) is 0 Å². The van der Waals surface area contributed by atoms with Crippen LogP contribution < -0.4 is 4.74 Å². The smallest absolute Gasteiger partial charge is 0.141 e. The predicted octanol–water partition coefficient (Wildman–Crippen LogP) is 2.59. The molecule has 1 aliphatic heterocycles. The highest BCUT2D eigenvalue weighted by molar-refractivity contribution is 6.32. The fourth-order valence-corrected chi connectivity index (χ4v) is 2.31. The Bertz CT molecular complexity index is 374. The molecule has 3 heteroatoms. The lowest BCUT2D eigenvalue weighted by molar-refractivity contribution is 0.195. The second-order valence-corrected chi connectivity index (χ2v) is 4.66. The monoisotopic (exact) mass is 226 g/mol. The van der Waals surface area contributed by atoms with Gasteiger partial charge in [0.1, 0.15) is 11.9 Å². The Labute approximate surface area is 94.8 Å². The molecule has 2 atom stereocenters. The fourth-order valence-electron chi connectivity index (χ4n) is 2.01. The van der Waals surface area contributed by atoms with E-state index in [1.165, 1.54) is 0 Å². The molecule has 1 aromatic rings. The molecule has 0 amide bonds. The summed E-state index contributed by atoms with van der Waals surface area (Å²) in [6.07, 6.45) is 1.42. The Kier molecular flexibility index (Phi) is 2.89. The van der Waals surface area contributed by atoms with Crippen LogP contribution in [0.15, 0.2) is 12.1 Å². The molecule has 1 N–H and O–H groups in total. The third kappa shape index (κ3) is 2.27. The van der Waals surface area contributed by atoms with Gasteiger partial charge >= 0.3 is 0 Å². The number of ether oxygens (including phenoxy) is 1. The van der Waals surface area contributed by atoms with E-state index < -0.39 is 0 Å². The molecule has 0 saturated carbocycles. The van der Waals surface area contributed by atoms with E-state index in [1.54, 1.807) is 6.92 Å². The molecular formula is C12H15ClO2. The summed E-state index contributed by atoms with van der Waals surface area (Å²) in [5.41, 5.74) is 2.23. The van der Waals surface area contributed by atoms with E-state index in [0.29, 0.717) is 11.4 Å². The summed E-state index contributed by atoms with van der Waals surface area (Å²) in [5.74, 6) is 0.818. The van der Waals surface area contributed by atoms with Crippen LogP contribution in [0.4, 0.5) is 0 Å². The molecule has 2 rings (SSSR count). The van der Waals surface area contributed by atoms with E-state index in [-0.39, 0.29) is 12.2 Å². The minimum atomic E-state index is -0.334. The molecule has 1 heterocycles. The van der Waals surface area contributed by atoms with Crippen LogP contribution in [0.25, 0.3) is 0 Å². The summed E-state index contributed by atoms with van der Waals surface area (Å²) >= 11 is 6.12. The summed E-state index contributed by atoms with van der Waals surface area (Å²) in [4.78, 5) is 0. The second kappa shape index (κ2) is 4.03. The first-order valence-electron chi connectivity index (χ1n) is 5.22. The Balaban J connectivity index is 2.31. The maximum atomic E-state index is 9.32. The molecule has 0 fully saturated rings. The third-order valence-corrected chi connectivity index (χ3v) is 2.82. The van der Waals surface area contributed by atoms with Gasteiger partial charge < -0.3 is 9.84 Å². The number of hydrogen-bond donors (Lipinski definition) is 1. The van der Waals surface area contributed by atoms with Gasteiger partial charge in [0.15, 0.2) is 0 Å². The van der Waals surface area contributed by atoms with Gasteiger partial charge in [-0.15, -0.1) is 0 Å². The number of aliphatic hydroxyl groups excluding tert-OH is 1. The first kappa shape index (κ1) is 10.8. The van der Waals surface area contributed by atoms with Gasteiger partial charge in [-0.25, -0.2) is 0 Å². The predicted molar refractivity (Wildman–Crippen MR) is 60.6 cm³/mol. The number of rotatable bonds is 2. The maximum absolute atomic E-state index is 9.32. The van der Waals surface area contributed by atoms with E-state index in [0.717, 1.165) is 23.3 Å². The Morgan fingerprint density at radius 3 is 3.00 bits per heavy atom. The summed E-state index contributed by atoms with van der Waals surface area (Å²) in [6.45, 7) is 3.81. The van der Waals surface area contributed by atoms with Gasteiger partial charge in [0.2, 0.25) is 0 Å². The van der Waals surface area contributed by atoms with Crippen LogP contribution in [0.2, 0.25) is 5.02 Å². The minimum Gasteiger partial charge on any atom is -0.489 e. The Hall–Kier alpha value is -0.730. The summed E-state index contributed by atoms with van der Waals surface area (Å²) in [5, 5.41) is 9.98. The highest BCUT2D eigenvalue weighted by Gasteiger charge is 2.22. The molecule has 82 valence electrons. The lowest BCUT2D eigenvalue weighted by atomic mass is 10.0. The zero-order valence-corrected chi connectivity index (χ0v) is 9.71. The zero-order chi connectivity index (χ0) is 11.0. The van der Waals surface area contributed by atoms with Crippen molar-refractivity contribution in [2.24, 2.45) is 0 Å². The molecule has 0 spiro atoms. The van der Waals surface area contributed by atoms with Crippen molar-refractivity contribution in [1.29, 1.82) is 0 Å². The number of benzene rings is 1. The molecule has 15 heavy (non-hydrogen) atoms. The van der Waals surface area contributed by atoms with Crippen molar-refractivity contribution >= 4 is 11.6 Å². The van der Waals surface area contributed by atoms with Crippen molar-refractivity contribution in [3.8, 4) is 5.75 Å². The van der Waals surface area contributed by atoms with Crippen LogP contribution in [0.5, 0.6) is 5.75 Å². The van der Waals surface area contributed by atoms with Crippen molar-refractivity contribution < 1.29 is 9.84 Å². The van der Waals surface area contributed by atoms with Gasteiger partial charge in [0, 0.05) is 6.42 Å². The first-order valence-corrected chi connectivity index (χ1v) is 5.60. The van der Waals surface area contributed by atoms with Gasteiger partial charge in [-0.05, 0) is 37.5 Å². The molecular weight excluding hydrogens is 212 g/mol. The average molecular weight is 227 g/mol. The molecule has 1 aliphatic rings. The van der Waals surface area contributed by atoms with Gasteiger partial charge in [-0.1, -0.05) is 17.7 Å². The van der Waals surface area contributed by atoms with E-state index >= 15 is 0 Å². The van der Waals surface area contributed by atoms with Crippen LogP contribution >= 0.6 is 11.6 Å². The fraction of sp³-hybridized carbons (Fsp3) is 0.500. The number of halogens is 1. The Morgan fingerprint density at radius 2 is 2.33 bits per heavy atom. The second-order valence-electron chi connectivity index (χ2n) is 4.25. The summed E-state index contributed by atoms with van der Waals surface area (Å²) < 4.78 is 5.60. The number of hydrogen-bond acceptors (Lipinski definition) is 2. The summed E-state index contributed by atoms with van der Waals surface area (Å²) in [7, 11) is 0. The van der Waals surface area contributed by atoms with Crippen molar-refractivity contribution in [3.63, 3.8) is 0 Å². The van der Waals surface area contributed by atoms with Crippen molar-refractivity contribution in [2.75, 3.05) is 0 Å². The highest BCUT2D eigenvalue weighted by atomic mass is 35.5. The lowest BCUT2D eigenvalue weighted by Gasteiger charge is -2.08. The minimum absolute atomic E-state index is 0.208. The maximum Gasteiger partial charge on any atom is 0.141 e. The van der Waals surface area contributed by atoms with E-state index in [4.69, 9.17) is 16.3 Å². The zero-order valence-electron chi connectivity index (χ0n) is 8.96. The molecule has 2 nitrogen and oxygen atoms in total. The molecule has 1 aromatic carbocycles. The average Bonchev–Trinajstić information content (AvgIpc) is 2.44. The van der Waals surface area contributed by atoms with E-state index in [1.807, 2.05) is 13.0 Å². The van der Waals surface area contributed by atoms with Crippen molar-refractivity contribution in [2.45, 2.75) is 38.9 Å².